The summed E-state index contributed by atoms with van der Waals surface area (Å²) in [5.41, 5.74) is 0. The van der Waals surface area contributed by atoms with Gasteiger partial charge in [-0.05, 0) is 104 Å². The number of methoxy groups -OCH3 is 1. The number of amides is 1. The molecular formula is C39H74N2O5S. The highest BCUT2D eigenvalue weighted by Gasteiger charge is 2.13. The first kappa shape index (κ1) is 45.6. The molecule has 0 aromatic heterocycles. The molecule has 0 saturated heterocycles. The summed E-state index contributed by atoms with van der Waals surface area (Å²) in [4.78, 5) is 38.0. The number of carbonyl (C=O) groups is 2. The van der Waals surface area contributed by atoms with Gasteiger partial charge in [0.1, 0.15) is 0 Å². The standard InChI is InChI=1S/C39H74N2O5S/c1-40(2)33-31-37-47-39(43)41(35-29-25-21-17-13-9-6-10-14-18-22-26-30-36-46-45-4)34-28-24-20-16-12-8-5-7-11-15-19-23-27-32-38(42)44-3/h7,10-11,14H,5-6,8-9,12-13,15-37H2,1-4H3/b11-7-,14-10-. The van der Waals surface area contributed by atoms with E-state index in [4.69, 9.17) is 4.89 Å². The van der Waals surface area contributed by atoms with Crippen LogP contribution in [0.1, 0.15) is 154 Å². The summed E-state index contributed by atoms with van der Waals surface area (Å²) in [6, 6.07) is 0. The lowest BCUT2D eigenvalue weighted by Gasteiger charge is -2.22. The largest absolute Gasteiger partial charge is 0.469 e. The monoisotopic (exact) mass is 683 g/mol. The third-order valence-corrected chi connectivity index (χ3v) is 9.36. The van der Waals surface area contributed by atoms with E-state index in [1.54, 1.807) is 7.11 Å². The summed E-state index contributed by atoms with van der Waals surface area (Å²) in [6.45, 7) is 3.55. The minimum atomic E-state index is -0.100. The van der Waals surface area contributed by atoms with Crippen molar-refractivity contribution in [2.45, 2.75) is 154 Å². The molecule has 8 heteroatoms. The number of ether oxygens (including phenoxy) is 1. The molecule has 0 aliphatic carbocycles. The molecule has 47 heavy (non-hydrogen) atoms. The molecule has 0 rings (SSSR count). The van der Waals surface area contributed by atoms with Crippen LogP contribution in [-0.4, -0.2) is 81.3 Å². The van der Waals surface area contributed by atoms with Crippen LogP contribution in [0.4, 0.5) is 4.79 Å². The Kier molecular flexibility index (Phi) is 36.4. The number of nitrogens with zero attached hydrogens (tertiary/aromatic N) is 2. The average Bonchev–Trinajstić information content (AvgIpc) is 3.06. The summed E-state index contributed by atoms with van der Waals surface area (Å²) < 4.78 is 4.68. The molecule has 0 N–H and O–H groups in total. The predicted octanol–water partition coefficient (Wildman–Crippen LogP) is 10.9. The molecular weight excluding hydrogens is 609 g/mol. The summed E-state index contributed by atoms with van der Waals surface area (Å²) in [7, 11) is 7.20. The normalized spacial score (nSPS) is 11.8. The van der Waals surface area contributed by atoms with Gasteiger partial charge < -0.3 is 14.5 Å². The van der Waals surface area contributed by atoms with Gasteiger partial charge in [0.2, 0.25) is 0 Å². The smallest absolute Gasteiger partial charge is 0.305 e. The van der Waals surface area contributed by atoms with Crippen molar-refractivity contribution in [1.29, 1.82) is 0 Å². The first-order valence-electron chi connectivity index (χ1n) is 19.1. The topological polar surface area (TPSA) is 68.3 Å². The highest BCUT2D eigenvalue weighted by molar-refractivity contribution is 8.13. The second-order valence-electron chi connectivity index (χ2n) is 13.0. The van der Waals surface area contributed by atoms with Crippen LogP contribution in [0.5, 0.6) is 0 Å². The van der Waals surface area contributed by atoms with Crippen molar-refractivity contribution in [3.8, 4) is 0 Å². The van der Waals surface area contributed by atoms with Crippen LogP contribution in [0.15, 0.2) is 24.3 Å². The predicted molar refractivity (Wildman–Crippen MR) is 202 cm³/mol. The van der Waals surface area contributed by atoms with Crippen LogP contribution >= 0.6 is 11.8 Å². The highest BCUT2D eigenvalue weighted by Crippen LogP contribution is 2.16. The van der Waals surface area contributed by atoms with Crippen LogP contribution in [0, 0.1) is 0 Å². The zero-order valence-electron chi connectivity index (χ0n) is 31.2. The Balaban J connectivity index is 3.98. The van der Waals surface area contributed by atoms with Crippen molar-refractivity contribution in [3.05, 3.63) is 24.3 Å². The fourth-order valence-electron chi connectivity index (χ4n) is 5.43. The van der Waals surface area contributed by atoms with Crippen molar-refractivity contribution in [1.82, 2.24) is 9.80 Å². The zero-order chi connectivity index (χ0) is 34.5. The highest BCUT2D eigenvalue weighted by atomic mass is 32.2. The Labute approximate surface area is 294 Å². The molecule has 0 bridgehead atoms. The Morgan fingerprint density at radius 3 is 1.47 bits per heavy atom. The minimum Gasteiger partial charge on any atom is -0.469 e. The average molecular weight is 683 g/mol. The maximum Gasteiger partial charge on any atom is 0.305 e. The first-order chi connectivity index (χ1) is 23.0. The van der Waals surface area contributed by atoms with Gasteiger partial charge in [-0.15, -0.1) is 0 Å². The summed E-state index contributed by atoms with van der Waals surface area (Å²) in [5.74, 6) is 0.812. The Morgan fingerprint density at radius 1 is 0.553 bits per heavy atom. The second-order valence-corrected chi connectivity index (χ2v) is 14.1. The maximum atomic E-state index is 13.0. The third-order valence-electron chi connectivity index (χ3n) is 8.36. The van der Waals surface area contributed by atoms with E-state index in [1.807, 2.05) is 0 Å². The van der Waals surface area contributed by atoms with Gasteiger partial charge in [0.15, 0.2) is 0 Å². The van der Waals surface area contributed by atoms with Crippen LogP contribution in [0.3, 0.4) is 0 Å². The maximum absolute atomic E-state index is 13.0. The summed E-state index contributed by atoms with van der Waals surface area (Å²) in [5, 5.41) is 0.286. The number of thioether (sulfide) groups is 1. The first-order valence-corrected chi connectivity index (χ1v) is 20.1. The minimum absolute atomic E-state index is 0.100. The molecule has 0 aliphatic rings. The lowest BCUT2D eigenvalue weighted by Crippen LogP contribution is -2.30. The fourth-order valence-corrected chi connectivity index (χ4v) is 6.25. The summed E-state index contributed by atoms with van der Waals surface area (Å²) >= 11 is 1.52. The molecule has 0 unspecified atom stereocenters. The van der Waals surface area contributed by atoms with Gasteiger partial charge in [-0.2, -0.15) is 0 Å². The lowest BCUT2D eigenvalue weighted by atomic mass is 10.1. The zero-order valence-corrected chi connectivity index (χ0v) is 32.0. The van der Waals surface area contributed by atoms with Crippen LogP contribution in [0.25, 0.3) is 0 Å². The van der Waals surface area contributed by atoms with E-state index >= 15 is 0 Å². The Morgan fingerprint density at radius 2 is 1.00 bits per heavy atom. The van der Waals surface area contributed by atoms with Gasteiger partial charge >= 0.3 is 5.97 Å². The molecule has 1 amide bonds. The molecule has 0 spiro atoms. The van der Waals surface area contributed by atoms with E-state index in [1.165, 1.54) is 109 Å². The lowest BCUT2D eigenvalue weighted by molar-refractivity contribution is -0.272. The van der Waals surface area contributed by atoms with Gasteiger partial charge in [0.25, 0.3) is 5.24 Å². The van der Waals surface area contributed by atoms with Crippen molar-refractivity contribution in [2.24, 2.45) is 0 Å². The van der Waals surface area contributed by atoms with E-state index in [-0.39, 0.29) is 11.2 Å². The number of carbonyl (C=O) groups excluding carboxylic acids is 2. The number of allylic oxidation sites excluding steroid dienone is 4. The van der Waals surface area contributed by atoms with Crippen molar-refractivity contribution in [2.75, 3.05) is 60.3 Å². The molecule has 0 heterocycles. The number of rotatable bonds is 35. The van der Waals surface area contributed by atoms with Crippen LogP contribution in [-0.2, 0) is 19.3 Å². The van der Waals surface area contributed by atoms with Gasteiger partial charge in [-0.3, -0.25) is 9.59 Å². The van der Waals surface area contributed by atoms with Crippen molar-refractivity contribution in [3.63, 3.8) is 0 Å². The van der Waals surface area contributed by atoms with E-state index in [0.29, 0.717) is 13.0 Å². The number of hydrogen-bond acceptors (Lipinski definition) is 7. The fraction of sp³-hybridized carbons (Fsp3) is 0.846. The van der Waals surface area contributed by atoms with Crippen molar-refractivity contribution >= 4 is 23.0 Å². The molecule has 0 saturated carbocycles. The SMILES string of the molecule is COOCCCCC/C=C\CCCCCCCCN(CCCCCCCC/C=C\CCCCCC(=O)OC)C(=O)SCCCN(C)C. The third kappa shape index (κ3) is 35.8. The molecule has 0 aromatic rings. The van der Waals surface area contributed by atoms with Gasteiger partial charge in [0, 0.05) is 25.3 Å². The second kappa shape index (κ2) is 37.5. The number of hydrogen-bond donors (Lipinski definition) is 0. The molecule has 0 atom stereocenters. The molecule has 0 aliphatic heterocycles. The number of unbranched alkanes of at least 4 members (excludes halogenated alkanes) is 18. The van der Waals surface area contributed by atoms with E-state index in [2.05, 4.69) is 57.8 Å². The van der Waals surface area contributed by atoms with E-state index in [0.717, 1.165) is 83.2 Å². The quantitative estimate of drug-likeness (QED) is 0.0217. The molecule has 0 radical (unpaired) electrons. The van der Waals surface area contributed by atoms with E-state index < -0.39 is 0 Å². The number of esters is 1. The van der Waals surface area contributed by atoms with Gasteiger partial charge in [-0.25, -0.2) is 9.78 Å². The summed E-state index contributed by atoms with van der Waals surface area (Å²) in [6.07, 6.45) is 37.1. The van der Waals surface area contributed by atoms with E-state index in [9.17, 15) is 9.59 Å². The van der Waals surface area contributed by atoms with Crippen LogP contribution < -0.4 is 0 Å². The van der Waals surface area contributed by atoms with Gasteiger partial charge in [0.05, 0.1) is 20.8 Å². The van der Waals surface area contributed by atoms with Gasteiger partial charge in [-0.1, -0.05) is 100 Å². The Hall–Kier alpha value is -1.35. The Bertz CT molecular complexity index is 747. The van der Waals surface area contributed by atoms with Crippen LogP contribution in [0.2, 0.25) is 0 Å². The van der Waals surface area contributed by atoms with Crippen molar-refractivity contribution < 1.29 is 24.1 Å². The molecule has 276 valence electrons. The molecule has 7 nitrogen and oxygen atoms in total. The molecule has 0 aromatic carbocycles. The molecule has 0 fully saturated rings.